The highest BCUT2D eigenvalue weighted by atomic mass is 19.4. The number of nitrogens with one attached hydrogen (secondary N) is 2. The molecule has 36 heavy (non-hydrogen) atoms. The largest absolute Gasteiger partial charge is 0.490 e. The van der Waals surface area contributed by atoms with Crippen LogP contribution in [0, 0.1) is 5.82 Å². The molecule has 1 aromatic carbocycles. The normalized spacial score (nSPS) is 19.5. The van der Waals surface area contributed by atoms with Crippen molar-refractivity contribution in [3.63, 3.8) is 0 Å². The van der Waals surface area contributed by atoms with Crippen molar-refractivity contribution >= 4 is 33.9 Å². The van der Waals surface area contributed by atoms with E-state index in [2.05, 4.69) is 25.4 Å². The number of aliphatic carboxylic acids is 1. The molecule has 5 N–H and O–H groups in total. The second-order valence-corrected chi connectivity index (χ2v) is 8.77. The summed E-state index contributed by atoms with van der Waals surface area (Å²) in [6.45, 7) is 1.99. The molecule has 0 bridgehead atoms. The van der Waals surface area contributed by atoms with Crippen LogP contribution in [-0.4, -0.2) is 59.5 Å². The van der Waals surface area contributed by atoms with Crippen LogP contribution >= 0.6 is 0 Å². The van der Waals surface area contributed by atoms with E-state index >= 15 is 0 Å². The first-order valence-corrected chi connectivity index (χ1v) is 10.6. The quantitative estimate of drug-likeness (QED) is 0.311. The lowest BCUT2D eigenvalue weighted by molar-refractivity contribution is -0.192. The first kappa shape index (κ1) is 25.0. The summed E-state index contributed by atoms with van der Waals surface area (Å²) < 4.78 is 46.9. The molecule has 0 unspecified atom stereocenters. The monoisotopic (exact) mass is 507 g/mol. The molecule has 0 spiro atoms. The topological polar surface area (TPSA) is 152 Å². The molecule has 1 aliphatic carbocycles. The molecule has 3 aromatic heterocycles. The lowest BCUT2D eigenvalue weighted by Crippen LogP contribution is -2.59. The van der Waals surface area contributed by atoms with Gasteiger partial charge in [-0.2, -0.15) is 18.3 Å². The highest BCUT2D eigenvalue weighted by Crippen LogP contribution is 2.31. The van der Waals surface area contributed by atoms with Crippen molar-refractivity contribution in [1.29, 1.82) is 0 Å². The standard InChI is InChI=1S/C20H20FN7O.C2HF3O2/c1-20(6-11(22)7-20)26-19(29)13-8-23-18-17(13)25-14(9-24-18)16-12-4-3-10(21)5-15(12)28(2)27-16;3-2(4,5)1(6)7/h3-5,8-9,11H,6-7,22H2,1-2H3,(H,23,24)(H,26,29);(H,6,7)/t11-,20-;. The average Bonchev–Trinajstić information content (AvgIpc) is 3.33. The zero-order valence-electron chi connectivity index (χ0n) is 19.0. The van der Waals surface area contributed by atoms with Crippen molar-refractivity contribution in [2.24, 2.45) is 12.8 Å². The molecule has 1 saturated carbocycles. The highest BCUT2D eigenvalue weighted by Gasteiger charge is 2.40. The van der Waals surface area contributed by atoms with Gasteiger partial charge in [-0.05, 0) is 38.0 Å². The number of benzene rings is 1. The van der Waals surface area contributed by atoms with Crippen LogP contribution in [-0.2, 0) is 11.8 Å². The lowest BCUT2D eigenvalue weighted by Gasteiger charge is -2.43. The molecule has 0 aliphatic heterocycles. The number of carbonyl (C=O) groups excluding carboxylic acids is 1. The number of carboxylic acid groups (broad SMARTS) is 1. The van der Waals surface area contributed by atoms with Gasteiger partial charge in [0.1, 0.15) is 22.7 Å². The van der Waals surface area contributed by atoms with Gasteiger partial charge in [0.25, 0.3) is 5.91 Å². The maximum absolute atomic E-state index is 13.6. The number of nitrogens with zero attached hydrogens (tertiary/aromatic N) is 4. The number of halogens is 4. The SMILES string of the molecule is Cn1nc(-c2cnc3[nH]cc(C(=O)N[C@]4(C)C[C@@H](N)C4)c3n2)c2ccc(F)cc21.O=C(O)C(F)(F)F. The molecular formula is C22H21F4N7O3. The Bertz CT molecular complexity index is 1470. The van der Waals surface area contributed by atoms with Crippen molar-refractivity contribution in [3.05, 3.63) is 42.0 Å². The Hall–Kier alpha value is -4.07. The van der Waals surface area contributed by atoms with Gasteiger partial charge in [-0.15, -0.1) is 0 Å². The molecule has 3 heterocycles. The van der Waals surface area contributed by atoms with Crippen LogP contribution in [0.15, 0.2) is 30.6 Å². The number of aryl methyl sites for hydroxylation is 1. The van der Waals surface area contributed by atoms with Crippen molar-refractivity contribution in [3.8, 4) is 11.4 Å². The molecule has 190 valence electrons. The van der Waals surface area contributed by atoms with Gasteiger partial charge in [-0.25, -0.2) is 19.2 Å². The number of carbonyl (C=O) groups is 2. The van der Waals surface area contributed by atoms with E-state index < -0.39 is 12.1 Å². The molecular weight excluding hydrogens is 486 g/mol. The highest BCUT2D eigenvalue weighted by molar-refractivity contribution is 6.05. The predicted octanol–water partition coefficient (Wildman–Crippen LogP) is 2.89. The third-order valence-corrected chi connectivity index (χ3v) is 5.76. The molecule has 0 saturated heterocycles. The summed E-state index contributed by atoms with van der Waals surface area (Å²) in [6, 6.07) is 4.61. The van der Waals surface area contributed by atoms with Crippen molar-refractivity contribution in [2.45, 2.75) is 37.5 Å². The molecule has 5 rings (SSSR count). The molecule has 1 fully saturated rings. The molecule has 14 heteroatoms. The minimum absolute atomic E-state index is 0.122. The molecule has 4 aromatic rings. The fourth-order valence-corrected chi connectivity index (χ4v) is 4.14. The van der Waals surface area contributed by atoms with Crippen molar-refractivity contribution in [2.75, 3.05) is 0 Å². The summed E-state index contributed by atoms with van der Waals surface area (Å²) in [5.74, 6) is -3.31. The number of hydrogen-bond donors (Lipinski definition) is 4. The average molecular weight is 507 g/mol. The van der Waals surface area contributed by atoms with E-state index in [0.29, 0.717) is 33.6 Å². The molecule has 1 amide bonds. The van der Waals surface area contributed by atoms with E-state index in [0.717, 1.165) is 18.2 Å². The number of hydrogen-bond acceptors (Lipinski definition) is 6. The fraction of sp³-hybridized carbons (Fsp3) is 0.318. The fourth-order valence-electron chi connectivity index (χ4n) is 4.14. The summed E-state index contributed by atoms with van der Waals surface area (Å²) in [5.41, 5.74) is 8.72. The Morgan fingerprint density at radius 3 is 2.58 bits per heavy atom. The molecule has 0 radical (unpaired) electrons. The van der Waals surface area contributed by atoms with Gasteiger partial charge in [0.15, 0.2) is 5.65 Å². The van der Waals surface area contributed by atoms with Crippen LogP contribution in [0.5, 0.6) is 0 Å². The maximum atomic E-state index is 13.6. The number of amides is 1. The van der Waals surface area contributed by atoms with Gasteiger partial charge in [0, 0.05) is 30.2 Å². The van der Waals surface area contributed by atoms with E-state index in [-0.39, 0.29) is 23.3 Å². The minimum atomic E-state index is -5.08. The van der Waals surface area contributed by atoms with E-state index in [1.807, 2.05) is 6.92 Å². The number of nitrogens with two attached hydrogens (primary N) is 1. The first-order chi connectivity index (χ1) is 16.8. The number of fused-ring (bicyclic) bond motifs is 2. The number of aromatic nitrogens is 5. The maximum Gasteiger partial charge on any atom is 0.490 e. The van der Waals surface area contributed by atoms with E-state index in [1.165, 1.54) is 12.1 Å². The number of rotatable bonds is 3. The first-order valence-electron chi connectivity index (χ1n) is 10.6. The Kier molecular flexibility index (Phi) is 6.16. The van der Waals surface area contributed by atoms with Crippen LogP contribution in [0.3, 0.4) is 0 Å². The van der Waals surface area contributed by atoms with Gasteiger partial charge < -0.3 is 21.1 Å². The number of aromatic amines is 1. The second kappa shape index (κ2) is 8.86. The molecule has 0 atom stereocenters. The second-order valence-electron chi connectivity index (χ2n) is 8.77. The Labute approximate surface area is 200 Å². The van der Waals surface area contributed by atoms with Gasteiger partial charge in [0.05, 0.1) is 17.3 Å². The summed E-state index contributed by atoms with van der Waals surface area (Å²) in [4.78, 5) is 33.8. The number of carboxylic acids is 1. The van der Waals surface area contributed by atoms with Crippen molar-refractivity contribution < 1.29 is 32.3 Å². The summed E-state index contributed by atoms with van der Waals surface area (Å²) >= 11 is 0. The lowest BCUT2D eigenvalue weighted by atomic mass is 9.74. The van der Waals surface area contributed by atoms with Gasteiger partial charge >= 0.3 is 12.1 Å². The van der Waals surface area contributed by atoms with Crippen LogP contribution in [0.2, 0.25) is 0 Å². The predicted molar refractivity (Wildman–Crippen MR) is 120 cm³/mol. The Morgan fingerprint density at radius 1 is 1.31 bits per heavy atom. The van der Waals surface area contributed by atoms with E-state index in [1.54, 1.807) is 30.2 Å². The van der Waals surface area contributed by atoms with Crippen LogP contribution in [0.25, 0.3) is 33.5 Å². The summed E-state index contributed by atoms with van der Waals surface area (Å²) in [5, 5.41) is 15.4. The minimum Gasteiger partial charge on any atom is -0.475 e. The van der Waals surface area contributed by atoms with Crippen LogP contribution < -0.4 is 11.1 Å². The summed E-state index contributed by atoms with van der Waals surface area (Å²) in [6.07, 6.45) is -0.390. The van der Waals surface area contributed by atoms with Gasteiger partial charge in [-0.3, -0.25) is 9.48 Å². The molecule has 10 nitrogen and oxygen atoms in total. The van der Waals surface area contributed by atoms with Crippen molar-refractivity contribution in [1.82, 2.24) is 30.0 Å². The summed E-state index contributed by atoms with van der Waals surface area (Å²) in [7, 11) is 1.75. The van der Waals surface area contributed by atoms with E-state index in [9.17, 15) is 22.4 Å². The zero-order chi connectivity index (χ0) is 26.4. The Morgan fingerprint density at radius 2 is 1.97 bits per heavy atom. The smallest absolute Gasteiger partial charge is 0.475 e. The van der Waals surface area contributed by atoms with Crippen LogP contribution in [0.1, 0.15) is 30.1 Å². The van der Waals surface area contributed by atoms with Crippen LogP contribution in [0.4, 0.5) is 17.6 Å². The number of H-pyrrole nitrogens is 1. The third-order valence-electron chi connectivity index (χ3n) is 5.76. The van der Waals surface area contributed by atoms with Gasteiger partial charge in [-0.1, -0.05) is 0 Å². The van der Waals surface area contributed by atoms with E-state index in [4.69, 9.17) is 15.6 Å². The third kappa shape index (κ3) is 4.84. The zero-order valence-corrected chi connectivity index (χ0v) is 19.0. The molecule has 1 aliphatic rings. The number of alkyl halides is 3. The van der Waals surface area contributed by atoms with Gasteiger partial charge in [0.2, 0.25) is 0 Å². The Balaban J connectivity index is 0.000000384.